The Labute approximate surface area is 191 Å². The third-order valence-corrected chi connectivity index (χ3v) is 7.01. The van der Waals surface area contributed by atoms with E-state index in [2.05, 4.69) is 104 Å². The van der Waals surface area contributed by atoms with Gasteiger partial charge in [-0.05, 0) is 83.2 Å². The zero-order valence-corrected chi connectivity index (χ0v) is 20.9. The molecule has 0 unspecified atom stereocenters. The quantitative estimate of drug-likeness (QED) is 0.311. The summed E-state index contributed by atoms with van der Waals surface area (Å²) in [5.41, 5.74) is 9.11. The van der Waals surface area contributed by atoms with Gasteiger partial charge < -0.3 is 0 Å². The largest absolute Gasteiger partial charge is 0.255 e. The Bertz CT molecular complexity index is 1210. The highest BCUT2D eigenvalue weighted by atomic mass is 32.1. The number of hydrogen-bond donors (Lipinski definition) is 0. The second-order valence-electron chi connectivity index (χ2n) is 10.9. The summed E-state index contributed by atoms with van der Waals surface area (Å²) in [6, 6.07) is 18.4. The van der Waals surface area contributed by atoms with Crippen molar-refractivity contribution in [3.63, 3.8) is 0 Å². The van der Waals surface area contributed by atoms with E-state index >= 15 is 0 Å². The van der Waals surface area contributed by atoms with E-state index in [1.807, 2.05) is 17.5 Å². The molecule has 0 bridgehead atoms. The summed E-state index contributed by atoms with van der Waals surface area (Å²) < 4.78 is 1.24. The molecule has 0 aliphatic rings. The van der Waals surface area contributed by atoms with Crippen molar-refractivity contribution in [3.8, 4) is 21.7 Å². The highest BCUT2D eigenvalue weighted by molar-refractivity contribution is 7.22. The molecule has 0 N–H and O–H groups in total. The average molecular weight is 428 g/mol. The molecule has 0 saturated carbocycles. The van der Waals surface area contributed by atoms with E-state index in [4.69, 9.17) is 4.98 Å². The van der Waals surface area contributed by atoms with Gasteiger partial charge in [0.2, 0.25) is 0 Å². The van der Waals surface area contributed by atoms with E-state index in [9.17, 15) is 0 Å². The maximum Gasteiger partial charge on any atom is 0.0709 e. The molecule has 4 rings (SSSR count). The summed E-state index contributed by atoms with van der Waals surface area (Å²) in [5, 5.41) is 1.27. The molecule has 0 amide bonds. The SMILES string of the molecule is Cc1cc(C)cc(-c2cc3cc(-c4cc(C(C)(C)C)cc(C(C)(C)C)c4)sc3cn2)c1. The first-order valence-corrected chi connectivity index (χ1v) is 11.9. The van der Waals surface area contributed by atoms with Gasteiger partial charge in [0.05, 0.1) is 10.4 Å². The van der Waals surface area contributed by atoms with Crippen LogP contribution in [0.15, 0.2) is 54.7 Å². The molecule has 0 spiro atoms. The third kappa shape index (κ3) is 4.60. The fourth-order valence-electron chi connectivity index (χ4n) is 4.00. The zero-order chi connectivity index (χ0) is 22.6. The van der Waals surface area contributed by atoms with Crippen LogP contribution in [0.4, 0.5) is 0 Å². The lowest BCUT2D eigenvalue weighted by Crippen LogP contribution is -2.16. The van der Waals surface area contributed by atoms with Crippen molar-refractivity contribution in [3.05, 3.63) is 77.0 Å². The maximum atomic E-state index is 4.79. The molecule has 31 heavy (non-hydrogen) atoms. The molecule has 0 aliphatic carbocycles. The standard InChI is InChI=1S/C29H33NS/c1-18-9-19(2)11-20(10-18)25-14-22-15-26(31-27(22)17-30-25)21-12-23(28(3,4)5)16-24(13-21)29(6,7)8/h9-17H,1-8H3. The highest BCUT2D eigenvalue weighted by Crippen LogP contribution is 2.39. The van der Waals surface area contributed by atoms with Crippen molar-refractivity contribution in [1.82, 2.24) is 4.98 Å². The Morgan fingerprint density at radius 3 is 1.77 bits per heavy atom. The van der Waals surface area contributed by atoms with E-state index in [-0.39, 0.29) is 10.8 Å². The molecule has 0 fully saturated rings. The summed E-state index contributed by atoms with van der Waals surface area (Å²) >= 11 is 1.84. The first kappa shape index (κ1) is 21.8. The first-order valence-electron chi connectivity index (χ1n) is 11.0. The molecule has 0 atom stereocenters. The predicted molar refractivity (Wildman–Crippen MR) is 137 cm³/mol. The number of aryl methyl sites for hydroxylation is 2. The Morgan fingerprint density at radius 1 is 0.645 bits per heavy atom. The number of benzene rings is 2. The molecule has 0 aliphatic heterocycles. The molecule has 2 heterocycles. The van der Waals surface area contributed by atoms with Crippen LogP contribution in [0.2, 0.25) is 0 Å². The normalized spacial score (nSPS) is 12.5. The fraction of sp³-hybridized carbons (Fsp3) is 0.345. The summed E-state index contributed by atoms with van der Waals surface area (Å²) in [4.78, 5) is 6.10. The summed E-state index contributed by atoms with van der Waals surface area (Å²) in [5.74, 6) is 0. The van der Waals surface area contributed by atoms with Gasteiger partial charge in [-0.2, -0.15) is 0 Å². The van der Waals surface area contributed by atoms with Crippen molar-refractivity contribution in [2.75, 3.05) is 0 Å². The number of nitrogens with zero attached hydrogens (tertiary/aromatic N) is 1. The van der Waals surface area contributed by atoms with Gasteiger partial charge in [0.15, 0.2) is 0 Å². The van der Waals surface area contributed by atoms with Crippen LogP contribution in [0.5, 0.6) is 0 Å². The van der Waals surface area contributed by atoms with E-state index in [1.165, 1.54) is 48.3 Å². The molecule has 160 valence electrons. The van der Waals surface area contributed by atoms with Crippen LogP contribution in [-0.2, 0) is 10.8 Å². The molecular formula is C29H33NS. The number of hydrogen-bond acceptors (Lipinski definition) is 2. The highest BCUT2D eigenvalue weighted by Gasteiger charge is 2.21. The predicted octanol–water partition coefficient (Wildman–Crippen LogP) is 8.84. The lowest BCUT2D eigenvalue weighted by molar-refractivity contribution is 0.569. The third-order valence-electron chi connectivity index (χ3n) is 5.87. The lowest BCUT2D eigenvalue weighted by atomic mass is 9.79. The molecule has 0 radical (unpaired) electrons. The van der Waals surface area contributed by atoms with E-state index in [0.717, 1.165) is 5.69 Å². The first-order chi connectivity index (χ1) is 14.4. The Morgan fingerprint density at radius 2 is 1.23 bits per heavy atom. The van der Waals surface area contributed by atoms with Crippen LogP contribution < -0.4 is 0 Å². The van der Waals surface area contributed by atoms with Gasteiger partial charge in [-0.15, -0.1) is 11.3 Å². The summed E-state index contributed by atoms with van der Waals surface area (Å²) in [7, 11) is 0. The minimum absolute atomic E-state index is 0.116. The monoisotopic (exact) mass is 427 g/mol. The molecule has 1 nitrogen and oxygen atoms in total. The van der Waals surface area contributed by atoms with Crippen LogP contribution in [0.25, 0.3) is 31.8 Å². The van der Waals surface area contributed by atoms with Crippen molar-refractivity contribution in [2.45, 2.75) is 66.2 Å². The minimum Gasteiger partial charge on any atom is -0.255 e. The van der Waals surface area contributed by atoms with Gasteiger partial charge in [-0.3, -0.25) is 4.98 Å². The zero-order valence-electron chi connectivity index (χ0n) is 20.1. The van der Waals surface area contributed by atoms with Gasteiger partial charge in [0, 0.05) is 16.6 Å². The maximum absolute atomic E-state index is 4.79. The second-order valence-corrected chi connectivity index (χ2v) is 12.0. The van der Waals surface area contributed by atoms with Gasteiger partial charge >= 0.3 is 0 Å². The van der Waals surface area contributed by atoms with Crippen LogP contribution in [0, 0.1) is 13.8 Å². The van der Waals surface area contributed by atoms with Crippen molar-refractivity contribution < 1.29 is 0 Å². The number of fused-ring (bicyclic) bond motifs is 1. The van der Waals surface area contributed by atoms with Gasteiger partial charge in [-0.1, -0.05) is 64.8 Å². The van der Waals surface area contributed by atoms with Crippen molar-refractivity contribution in [1.29, 1.82) is 0 Å². The van der Waals surface area contributed by atoms with Crippen molar-refractivity contribution in [2.24, 2.45) is 0 Å². The Kier molecular flexibility index (Phi) is 5.34. The fourth-order valence-corrected chi connectivity index (χ4v) is 5.00. The minimum atomic E-state index is 0.116. The van der Waals surface area contributed by atoms with E-state index in [0.29, 0.717) is 0 Å². The summed E-state index contributed by atoms with van der Waals surface area (Å²) in [6.45, 7) is 18.1. The average Bonchev–Trinajstić information content (AvgIpc) is 3.09. The van der Waals surface area contributed by atoms with Crippen molar-refractivity contribution >= 4 is 21.4 Å². The smallest absolute Gasteiger partial charge is 0.0709 e. The van der Waals surface area contributed by atoms with Crippen LogP contribution >= 0.6 is 11.3 Å². The molecule has 2 heteroatoms. The number of thiophene rings is 1. The van der Waals surface area contributed by atoms with Crippen LogP contribution in [-0.4, -0.2) is 4.98 Å². The molecule has 4 aromatic rings. The molecule has 2 aromatic carbocycles. The van der Waals surface area contributed by atoms with Crippen LogP contribution in [0.1, 0.15) is 63.8 Å². The van der Waals surface area contributed by atoms with Gasteiger partial charge in [0.1, 0.15) is 0 Å². The number of rotatable bonds is 2. The topological polar surface area (TPSA) is 12.9 Å². The molecular weight excluding hydrogens is 394 g/mol. The van der Waals surface area contributed by atoms with Gasteiger partial charge in [-0.25, -0.2) is 0 Å². The number of aromatic nitrogens is 1. The molecule has 2 aromatic heterocycles. The molecule has 0 saturated heterocycles. The Balaban J connectivity index is 1.83. The summed E-state index contributed by atoms with van der Waals surface area (Å²) in [6.07, 6.45) is 2.04. The van der Waals surface area contributed by atoms with E-state index in [1.54, 1.807) is 0 Å². The van der Waals surface area contributed by atoms with E-state index < -0.39 is 0 Å². The Hall–Kier alpha value is -2.45. The number of pyridine rings is 1. The second kappa shape index (κ2) is 7.60. The van der Waals surface area contributed by atoms with Crippen LogP contribution in [0.3, 0.4) is 0 Å². The lowest BCUT2D eigenvalue weighted by Gasteiger charge is -2.26. The van der Waals surface area contributed by atoms with Gasteiger partial charge in [0.25, 0.3) is 0 Å².